The molecule has 258 valence electrons. The van der Waals surface area contributed by atoms with Gasteiger partial charge in [0.25, 0.3) is 0 Å². The van der Waals surface area contributed by atoms with E-state index in [1.165, 1.54) is 99.1 Å². The highest BCUT2D eigenvalue weighted by molar-refractivity contribution is 6.26. The second kappa shape index (κ2) is 10.9. The molecule has 1 nitrogen and oxygen atoms in total. The monoisotopic (exact) mass is 708 g/mol. The van der Waals surface area contributed by atoms with Crippen LogP contribution in [0.2, 0.25) is 0 Å². The van der Waals surface area contributed by atoms with Crippen LogP contribution in [0.25, 0.3) is 98.8 Å². The summed E-state index contributed by atoms with van der Waals surface area (Å²) in [6.45, 7) is 0. The van der Waals surface area contributed by atoms with E-state index in [-0.39, 0.29) is 0 Å². The van der Waals surface area contributed by atoms with Crippen LogP contribution in [0.15, 0.2) is 199 Å². The highest BCUT2D eigenvalue weighted by Crippen LogP contribution is 2.63. The fourth-order valence-electron chi connectivity index (χ4n) is 10.7. The van der Waals surface area contributed by atoms with E-state index in [9.17, 15) is 0 Å². The first-order valence-corrected chi connectivity index (χ1v) is 19.5. The zero-order chi connectivity index (χ0) is 36.5. The van der Waals surface area contributed by atoms with E-state index in [1.807, 2.05) is 0 Å². The van der Waals surface area contributed by atoms with Crippen LogP contribution in [-0.2, 0) is 5.41 Å². The molecule has 10 aromatic carbocycles. The number of fused-ring (bicyclic) bond motifs is 16. The van der Waals surface area contributed by atoms with Gasteiger partial charge in [0.05, 0.1) is 5.41 Å². The van der Waals surface area contributed by atoms with Crippen molar-refractivity contribution in [1.82, 2.24) is 0 Å². The van der Waals surface area contributed by atoms with Crippen molar-refractivity contribution in [2.24, 2.45) is 0 Å². The van der Waals surface area contributed by atoms with Gasteiger partial charge in [-0.2, -0.15) is 0 Å². The molecule has 0 amide bonds. The fraction of sp³-hybridized carbons (Fsp3) is 0.0182. The van der Waals surface area contributed by atoms with Gasteiger partial charge in [0.2, 0.25) is 0 Å². The number of furan rings is 1. The Morgan fingerprint density at radius 2 is 0.821 bits per heavy atom. The molecule has 11 aromatic rings. The van der Waals surface area contributed by atoms with Crippen molar-refractivity contribution >= 4 is 54.3 Å². The van der Waals surface area contributed by atoms with Gasteiger partial charge in [-0.05, 0) is 123 Å². The summed E-state index contributed by atoms with van der Waals surface area (Å²) in [7, 11) is 0. The molecular weight excluding hydrogens is 677 g/mol. The Morgan fingerprint density at radius 3 is 1.46 bits per heavy atom. The van der Waals surface area contributed by atoms with Gasteiger partial charge in [-0.15, -0.1) is 0 Å². The summed E-state index contributed by atoms with van der Waals surface area (Å²) in [4.78, 5) is 0. The average molecular weight is 709 g/mol. The van der Waals surface area contributed by atoms with Crippen LogP contribution in [0.4, 0.5) is 0 Å². The van der Waals surface area contributed by atoms with Crippen LogP contribution in [0, 0.1) is 0 Å². The van der Waals surface area contributed by atoms with Crippen LogP contribution in [0.3, 0.4) is 0 Å². The Hall–Kier alpha value is -7.22. The lowest BCUT2D eigenvalue weighted by Crippen LogP contribution is -2.25. The summed E-state index contributed by atoms with van der Waals surface area (Å²) < 4.78 is 6.98. The second-order valence-corrected chi connectivity index (χ2v) is 15.5. The van der Waals surface area contributed by atoms with E-state index in [2.05, 4.69) is 194 Å². The Labute approximate surface area is 323 Å². The molecule has 1 heteroatoms. The summed E-state index contributed by atoms with van der Waals surface area (Å²) >= 11 is 0. The topological polar surface area (TPSA) is 13.1 Å². The van der Waals surface area contributed by atoms with E-state index < -0.39 is 5.41 Å². The molecule has 0 N–H and O–H groups in total. The molecule has 0 atom stereocenters. The maximum Gasteiger partial charge on any atom is 0.136 e. The molecule has 0 aliphatic heterocycles. The first-order chi connectivity index (χ1) is 27.8. The number of hydrogen-bond acceptors (Lipinski definition) is 1. The quantitative estimate of drug-likeness (QED) is 0.163. The molecule has 0 bridgehead atoms. The highest BCUT2D eigenvalue weighted by atomic mass is 16.3. The molecule has 1 aromatic heterocycles. The molecule has 0 fully saturated rings. The van der Waals surface area contributed by atoms with Crippen molar-refractivity contribution in [3.63, 3.8) is 0 Å². The van der Waals surface area contributed by atoms with Crippen molar-refractivity contribution in [2.45, 2.75) is 5.41 Å². The number of rotatable bonds is 2. The zero-order valence-electron chi connectivity index (χ0n) is 30.4. The third-order valence-electron chi connectivity index (χ3n) is 12.9. The van der Waals surface area contributed by atoms with Crippen LogP contribution in [0.1, 0.15) is 22.3 Å². The second-order valence-electron chi connectivity index (χ2n) is 15.5. The minimum Gasteiger partial charge on any atom is -0.456 e. The van der Waals surface area contributed by atoms with Crippen molar-refractivity contribution in [3.05, 3.63) is 216 Å². The average Bonchev–Trinajstić information content (AvgIpc) is 3.88. The van der Waals surface area contributed by atoms with Crippen molar-refractivity contribution < 1.29 is 4.42 Å². The zero-order valence-corrected chi connectivity index (χ0v) is 30.4. The van der Waals surface area contributed by atoms with E-state index in [4.69, 9.17) is 4.42 Å². The van der Waals surface area contributed by atoms with Crippen molar-refractivity contribution in [3.8, 4) is 44.5 Å². The fourth-order valence-corrected chi connectivity index (χ4v) is 10.7. The largest absolute Gasteiger partial charge is 0.456 e. The third-order valence-corrected chi connectivity index (χ3v) is 12.9. The lowest BCUT2D eigenvalue weighted by atomic mass is 9.70. The maximum atomic E-state index is 6.98. The standard InChI is InChI=1S/C55H32O/c1-2-15-34-30-35(29-28-33(34)14-1)52-39-19-3-5-21-41(39)53(42-22-6-4-20-40(42)52)43-23-13-27-50-54(43)45-31-44-38-18-9-12-26-48(38)55(49(44)32-51(45)56-50)46-24-10-7-16-36(46)37-17-8-11-25-47(37)55/h1-32H. The predicted octanol–water partition coefficient (Wildman–Crippen LogP) is 14.7. The van der Waals surface area contributed by atoms with Gasteiger partial charge < -0.3 is 4.42 Å². The SMILES string of the molecule is c1ccc2c(c1)-c1ccccc1C21c2ccccc2-c2cc3c(cc21)oc1cccc(-c2c4ccccc4c(-c4ccc5ccccc5c4)c4ccccc24)c13. The first kappa shape index (κ1) is 30.1. The highest BCUT2D eigenvalue weighted by Gasteiger charge is 2.51. The summed E-state index contributed by atoms with van der Waals surface area (Å²) in [6.07, 6.45) is 0. The molecule has 0 radical (unpaired) electrons. The molecule has 56 heavy (non-hydrogen) atoms. The molecule has 1 spiro atoms. The molecule has 13 rings (SSSR count). The van der Waals surface area contributed by atoms with E-state index in [0.29, 0.717) is 0 Å². The predicted molar refractivity (Wildman–Crippen MR) is 233 cm³/mol. The lowest BCUT2D eigenvalue weighted by Gasteiger charge is -2.30. The minimum atomic E-state index is -0.417. The summed E-state index contributed by atoms with van der Waals surface area (Å²) in [5.41, 5.74) is 16.8. The first-order valence-electron chi connectivity index (χ1n) is 19.5. The Kier molecular flexibility index (Phi) is 5.89. The van der Waals surface area contributed by atoms with E-state index in [1.54, 1.807) is 0 Å². The third kappa shape index (κ3) is 3.75. The van der Waals surface area contributed by atoms with Gasteiger partial charge in [0, 0.05) is 10.8 Å². The van der Waals surface area contributed by atoms with Crippen LogP contribution < -0.4 is 0 Å². The normalized spacial score (nSPS) is 13.5. The van der Waals surface area contributed by atoms with Crippen molar-refractivity contribution in [1.29, 1.82) is 0 Å². The van der Waals surface area contributed by atoms with E-state index >= 15 is 0 Å². The Morgan fingerprint density at radius 1 is 0.304 bits per heavy atom. The molecule has 0 saturated heterocycles. The van der Waals surface area contributed by atoms with Gasteiger partial charge in [0.1, 0.15) is 11.2 Å². The molecule has 2 aliphatic carbocycles. The number of hydrogen-bond donors (Lipinski definition) is 0. The molecule has 2 aliphatic rings. The molecule has 1 heterocycles. The Balaban J connectivity index is 1.12. The summed E-state index contributed by atoms with van der Waals surface area (Å²) in [6, 6.07) is 71.8. The molecule has 0 unspecified atom stereocenters. The van der Waals surface area contributed by atoms with Gasteiger partial charge in [-0.25, -0.2) is 0 Å². The molecular formula is C55H32O. The summed E-state index contributed by atoms with van der Waals surface area (Å²) in [5, 5.41) is 9.77. The van der Waals surface area contributed by atoms with Gasteiger partial charge in [0.15, 0.2) is 0 Å². The lowest BCUT2D eigenvalue weighted by molar-refractivity contribution is 0.666. The summed E-state index contributed by atoms with van der Waals surface area (Å²) in [5.74, 6) is 0. The van der Waals surface area contributed by atoms with Crippen LogP contribution in [-0.4, -0.2) is 0 Å². The van der Waals surface area contributed by atoms with E-state index in [0.717, 1.165) is 21.9 Å². The van der Waals surface area contributed by atoms with Crippen molar-refractivity contribution in [2.75, 3.05) is 0 Å². The van der Waals surface area contributed by atoms with Crippen LogP contribution in [0.5, 0.6) is 0 Å². The number of benzene rings is 10. The van der Waals surface area contributed by atoms with Gasteiger partial charge in [-0.1, -0.05) is 170 Å². The van der Waals surface area contributed by atoms with Gasteiger partial charge >= 0.3 is 0 Å². The Bertz CT molecular complexity index is 3390. The van der Waals surface area contributed by atoms with Crippen LogP contribution >= 0.6 is 0 Å². The molecule has 0 saturated carbocycles. The van der Waals surface area contributed by atoms with Gasteiger partial charge in [-0.3, -0.25) is 0 Å². The minimum absolute atomic E-state index is 0.417. The smallest absolute Gasteiger partial charge is 0.136 e. The maximum absolute atomic E-state index is 6.98.